The van der Waals surface area contributed by atoms with Gasteiger partial charge in [-0.15, -0.1) is 12.4 Å². The van der Waals surface area contributed by atoms with Gasteiger partial charge in [-0.1, -0.05) is 12.2 Å². The SMILES string of the molecule is Cl.S=C1Cc2cc[nH]c2C=N1. The summed E-state index contributed by atoms with van der Waals surface area (Å²) in [5.74, 6) is 0. The van der Waals surface area contributed by atoms with Crippen LogP contribution in [-0.2, 0) is 6.42 Å². The van der Waals surface area contributed by atoms with Gasteiger partial charge in [0.05, 0.1) is 11.9 Å². The average molecular weight is 187 g/mol. The molecule has 2 rings (SSSR count). The maximum absolute atomic E-state index is 4.94. The summed E-state index contributed by atoms with van der Waals surface area (Å²) in [6, 6.07) is 2.03. The minimum absolute atomic E-state index is 0. The zero-order valence-corrected chi connectivity index (χ0v) is 7.34. The Hall–Kier alpha value is -0.670. The molecule has 2 heterocycles. The number of H-pyrrole nitrogens is 1. The molecule has 58 valence electrons. The molecule has 1 aromatic rings. The van der Waals surface area contributed by atoms with E-state index < -0.39 is 0 Å². The van der Waals surface area contributed by atoms with Gasteiger partial charge < -0.3 is 4.98 Å². The number of hydrogen-bond donors (Lipinski definition) is 1. The highest BCUT2D eigenvalue weighted by atomic mass is 35.5. The predicted molar refractivity (Wildman–Crippen MR) is 51.9 cm³/mol. The number of aromatic nitrogens is 1. The van der Waals surface area contributed by atoms with Crippen molar-refractivity contribution in [3.05, 3.63) is 23.5 Å². The van der Waals surface area contributed by atoms with E-state index in [2.05, 4.69) is 9.98 Å². The summed E-state index contributed by atoms with van der Waals surface area (Å²) in [5.41, 5.74) is 2.34. The van der Waals surface area contributed by atoms with E-state index in [4.69, 9.17) is 12.2 Å². The van der Waals surface area contributed by atoms with Crippen LogP contribution in [0.3, 0.4) is 0 Å². The van der Waals surface area contributed by atoms with Crippen molar-refractivity contribution in [1.29, 1.82) is 0 Å². The molecule has 0 saturated carbocycles. The zero-order valence-electron chi connectivity index (χ0n) is 5.70. The quantitative estimate of drug-likeness (QED) is 0.615. The number of nitrogens with zero attached hydrogens (tertiary/aromatic N) is 1. The lowest BCUT2D eigenvalue weighted by Gasteiger charge is -2.02. The number of nitrogens with one attached hydrogen (secondary N) is 1. The maximum atomic E-state index is 4.94. The number of halogens is 1. The van der Waals surface area contributed by atoms with E-state index in [0.29, 0.717) is 0 Å². The number of aromatic amines is 1. The monoisotopic (exact) mass is 186 g/mol. The molecule has 0 unspecified atom stereocenters. The summed E-state index contributed by atoms with van der Waals surface area (Å²) in [7, 11) is 0. The van der Waals surface area contributed by atoms with Crippen molar-refractivity contribution in [3.8, 4) is 0 Å². The van der Waals surface area contributed by atoms with Crippen LogP contribution >= 0.6 is 24.6 Å². The van der Waals surface area contributed by atoms with E-state index >= 15 is 0 Å². The van der Waals surface area contributed by atoms with E-state index in [1.165, 1.54) is 5.56 Å². The van der Waals surface area contributed by atoms with E-state index in [9.17, 15) is 0 Å². The van der Waals surface area contributed by atoms with Crippen LogP contribution in [0, 0.1) is 0 Å². The second-order valence-electron chi connectivity index (χ2n) is 2.25. The molecule has 0 aromatic carbocycles. The number of rotatable bonds is 0. The van der Waals surface area contributed by atoms with Crippen molar-refractivity contribution in [2.24, 2.45) is 4.99 Å². The van der Waals surface area contributed by atoms with Gasteiger partial charge in [0.1, 0.15) is 4.99 Å². The lowest BCUT2D eigenvalue weighted by molar-refractivity contribution is 1.27. The average Bonchev–Trinajstić information content (AvgIpc) is 2.33. The molecular formula is C7H7ClN2S. The first-order chi connectivity index (χ1) is 4.86. The Labute approximate surface area is 76.1 Å². The Morgan fingerprint density at radius 1 is 1.55 bits per heavy atom. The molecular weight excluding hydrogens is 180 g/mol. The van der Waals surface area contributed by atoms with Crippen molar-refractivity contribution >= 4 is 35.8 Å². The summed E-state index contributed by atoms with van der Waals surface area (Å²) in [5, 5.41) is 0. The third-order valence-corrected chi connectivity index (χ3v) is 1.80. The van der Waals surface area contributed by atoms with Gasteiger partial charge in [-0.25, -0.2) is 4.99 Å². The van der Waals surface area contributed by atoms with Gasteiger partial charge in [-0.3, -0.25) is 0 Å². The Balaban J connectivity index is 0.000000605. The smallest absolute Gasteiger partial charge is 0.107 e. The van der Waals surface area contributed by atoms with Gasteiger partial charge >= 0.3 is 0 Å². The van der Waals surface area contributed by atoms with Crippen molar-refractivity contribution in [2.75, 3.05) is 0 Å². The first-order valence-electron chi connectivity index (χ1n) is 3.09. The third-order valence-electron chi connectivity index (χ3n) is 1.55. The van der Waals surface area contributed by atoms with Crippen LogP contribution in [0.4, 0.5) is 0 Å². The number of fused-ring (bicyclic) bond motifs is 1. The van der Waals surface area contributed by atoms with Crippen molar-refractivity contribution in [1.82, 2.24) is 4.98 Å². The number of hydrogen-bond acceptors (Lipinski definition) is 1. The molecule has 2 nitrogen and oxygen atoms in total. The second-order valence-corrected chi connectivity index (χ2v) is 2.72. The molecule has 0 bridgehead atoms. The summed E-state index contributed by atoms with van der Waals surface area (Å²) < 4.78 is 0. The van der Waals surface area contributed by atoms with Crippen LogP contribution < -0.4 is 0 Å². The molecule has 0 spiro atoms. The minimum Gasteiger partial charge on any atom is -0.360 e. The summed E-state index contributed by atoms with van der Waals surface area (Å²) >= 11 is 4.94. The molecule has 0 radical (unpaired) electrons. The molecule has 0 atom stereocenters. The van der Waals surface area contributed by atoms with E-state index in [-0.39, 0.29) is 12.4 Å². The Morgan fingerprint density at radius 2 is 2.36 bits per heavy atom. The van der Waals surface area contributed by atoms with Gasteiger partial charge in [-0.2, -0.15) is 0 Å². The molecule has 0 fully saturated rings. The topological polar surface area (TPSA) is 28.1 Å². The molecule has 1 aromatic heterocycles. The van der Waals surface area contributed by atoms with E-state index in [1.54, 1.807) is 6.21 Å². The van der Waals surface area contributed by atoms with Crippen LogP contribution in [0.1, 0.15) is 11.3 Å². The second kappa shape index (κ2) is 3.15. The van der Waals surface area contributed by atoms with Gasteiger partial charge in [0, 0.05) is 12.6 Å². The molecule has 0 amide bonds. The van der Waals surface area contributed by atoms with E-state index in [1.807, 2.05) is 12.3 Å². The van der Waals surface area contributed by atoms with Crippen molar-refractivity contribution in [2.45, 2.75) is 6.42 Å². The molecule has 0 aliphatic carbocycles. The number of thiocarbonyl (C=S) groups is 1. The molecule has 1 N–H and O–H groups in total. The minimum atomic E-state index is 0. The lowest BCUT2D eigenvalue weighted by atomic mass is 10.1. The molecule has 11 heavy (non-hydrogen) atoms. The predicted octanol–water partition coefficient (Wildman–Crippen LogP) is 1.74. The van der Waals surface area contributed by atoms with Gasteiger partial charge in [0.25, 0.3) is 0 Å². The highest BCUT2D eigenvalue weighted by molar-refractivity contribution is 7.80. The summed E-state index contributed by atoms with van der Waals surface area (Å²) in [4.78, 5) is 7.86. The Morgan fingerprint density at radius 3 is 3.18 bits per heavy atom. The Kier molecular flexibility index (Phi) is 2.42. The molecule has 1 aliphatic heterocycles. The normalized spacial score (nSPS) is 14.0. The fraction of sp³-hybridized carbons (Fsp3) is 0.143. The standard InChI is InChI=1S/C7H6N2S.ClH/c10-7-3-5-1-2-8-6(5)4-9-7;/h1-2,4,8H,3H2;1H. The van der Waals surface area contributed by atoms with Gasteiger partial charge in [0.15, 0.2) is 0 Å². The van der Waals surface area contributed by atoms with Crippen LogP contribution in [-0.4, -0.2) is 16.2 Å². The molecule has 1 aliphatic rings. The fourth-order valence-electron chi connectivity index (χ4n) is 1.03. The maximum Gasteiger partial charge on any atom is 0.107 e. The van der Waals surface area contributed by atoms with Crippen LogP contribution in [0.15, 0.2) is 17.3 Å². The van der Waals surface area contributed by atoms with Crippen molar-refractivity contribution < 1.29 is 0 Å². The molecule has 0 saturated heterocycles. The van der Waals surface area contributed by atoms with Crippen LogP contribution in [0.5, 0.6) is 0 Å². The summed E-state index contributed by atoms with van der Waals surface area (Å²) in [6.07, 6.45) is 4.50. The highest BCUT2D eigenvalue weighted by Crippen LogP contribution is 2.10. The highest BCUT2D eigenvalue weighted by Gasteiger charge is 2.07. The Bertz CT molecular complexity index is 303. The number of aliphatic imine (C=N–C) groups is 1. The summed E-state index contributed by atoms with van der Waals surface area (Å²) in [6.45, 7) is 0. The van der Waals surface area contributed by atoms with Crippen LogP contribution in [0.2, 0.25) is 0 Å². The fourth-order valence-corrected chi connectivity index (χ4v) is 1.24. The zero-order chi connectivity index (χ0) is 6.97. The first kappa shape index (κ1) is 8.43. The lowest BCUT2D eigenvalue weighted by Crippen LogP contribution is -2.04. The largest absolute Gasteiger partial charge is 0.360 e. The van der Waals surface area contributed by atoms with E-state index in [0.717, 1.165) is 17.1 Å². The third kappa shape index (κ3) is 1.49. The molecule has 4 heteroatoms. The first-order valence-corrected chi connectivity index (χ1v) is 3.50. The van der Waals surface area contributed by atoms with Crippen molar-refractivity contribution in [3.63, 3.8) is 0 Å². The van der Waals surface area contributed by atoms with Crippen LogP contribution in [0.25, 0.3) is 0 Å². The van der Waals surface area contributed by atoms with Gasteiger partial charge in [-0.05, 0) is 11.6 Å². The van der Waals surface area contributed by atoms with Gasteiger partial charge in [0.2, 0.25) is 0 Å².